The molecule has 1 heterocycles. The zero-order valence-corrected chi connectivity index (χ0v) is 11.6. The second-order valence-corrected chi connectivity index (χ2v) is 5.93. The van der Waals surface area contributed by atoms with Gasteiger partial charge in [0.2, 0.25) is 0 Å². The molecule has 0 aromatic heterocycles. The van der Waals surface area contributed by atoms with Gasteiger partial charge >= 0.3 is 0 Å². The van der Waals surface area contributed by atoms with Crippen molar-refractivity contribution in [3.63, 3.8) is 0 Å². The molecule has 1 atom stereocenters. The smallest absolute Gasteiger partial charge is 0.0195 e. The van der Waals surface area contributed by atoms with E-state index in [1.165, 1.54) is 77.4 Å². The lowest BCUT2D eigenvalue weighted by molar-refractivity contribution is 0.218. The van der Waals surface area contributed by atoms with Gasteiger partial charge in [0, 0.05) is 18.6 Å². The Balaban J connectivity index is 1.74. The Morgan fingerprint density at radius 2 is 1.88 bits per heavy atom. The third-order valence-electron chi connectivity index (χ3n) is 4.23. The van der Waals surface area contributed by atoms with Crippen molar-refractivity contribution < 1.29 is 0 Å². The highest BCUT2D eigenvalue weighted by Gasteiger charge is 2.29. The Kier molecular flexibility index (Phi) is 5.79. The molecule has 1 saturated carbocycles. The maximum atomic E-state index is 3.77. The van der Waals surface area contributed by atoms with Crippen molar-refractivity contribution in [3.05, 3.63) is 0 Å². The van der Waals surface area contributed by atoms with E-state index in [-0.39, 0.29) is 0 Å². The highest BCUT2D eigenvalue weighted by molar-refractivity contribution is 4.87. The summed E-state index contributed by atoms with van der Waals surface area (Å²) in [5.74, 6) is 0. The molecule has 0 bridgehead atoms. The third kappa shape index (κ3) is 4.97. The molecular weight excluding hydrogens is 208 g/mol. The van der Waals surface area contributed by atoms with E-state index < -0.39 is 0 Å². The monoisotopic (exact) mass is 238 g/mol. The Hall–Kier alpha value is -0.0800. The van der Waals surface area contributed by atoms with E-state index >= 15 is 0 Å². The highest BCUT2D eigenvalue weighted by atomic mass is 15.2. The molecule has 2 rings (SSSR count). The summed E-state index contributed by atoms with van der Waals surface area (Å²) in [6.07, 6.45) is 12.7. The fourth-order valence-electron chi connectivity index (χ4n) is 2.94. The summed E-state index contributed by atoms with van der Waals surface area (Å²) in [4.78, 5) is 2.77. The first-order valence-corrected chi connectivity index (χ1v) is 7.87. The molecule has 1 unspecified atom stereocenters. The van der Waals surface area contributed by atoms with Gasteiger partial charge in [-0.2, -0.15) is 0 Å². The lowest BCUT2D eigenvalue weighted by Gasteiger charge is -2.29. The predicted molar refractivity (Wildman–Crippen MR) is 74.4 cm³/mol. The van der Waals surface area contributed by atoms with Gasteiger partial charge in [-0.15, -0.1) is 0 Å². The molecular formula is C15H30N2. The molecule has 2 fully saturated rings. The Morgan fingerprint density at radius 3 is 2.65 bits per heavy atom. The van der Waals surface area contributed by atoms with Crippen LogP contribution in [0.1, 0.15) is 64.7 Å². The largest absolute Gasteiger partial charge is 0.313 e. The summed E-state index contributed by atoms with van der Waals surface area (Å²) in [7, 11) is 0. The van der Waals surface area contributed by atoms with Crippen LogP contribution >= 0.6 is 0 Å². The van der Waals surface area contributed by atoms with Gasteiger partial charge in [-0.05, 0) is 45.2 Å². The van der Waals surface area contributed by atoms with Gasteiger partial charge in [-0.1, -0.05) is 32.6 Å². The molecule has 0 amide bonds. The molecule has 2 nitrogen and oxygen atoms in total. The molecule has 17 heavy (non-hydrogen) atoms. The maximum absolute atomic E-state index is 3.77. The number of nitrogens with zero attached hydrogens (tertiary/aromatic N) is 1. The first-order chi connectivity index (χ1) is 8.40. The zero-order valence-electron chi connectivity index (χ0n) is 11.6. The minimum absolute atomic E-state index is 0.771. The summed E-state index contributed by atoms with van der Waals surface area (Å²) in [6.45, 7) is 6.19. The fraction of sp³-hybridized carbons (Fsp3) is 1.00. The quantitative estimate of drug-likeness (QED) is 0.764. The Bertz CT molecular complexity index is 193. The lowest BCUT2D eigenvalue weighted by atomic mass is 10.0. The van der Waals surface area contributed by atoms with Gasteiger partial charge < -0.3 is 5.32 Å². The van der Waals surface area contributed by atoms with Crippen molar-refractivity contribution in [2.24, 2.45) is 0 Å². The Morgan fingerprint density at radius 1 is 1.06 bits per heavy atom. The minimum Gasteiger partial charge on any atom is -0.313 e. The van der Waals surface area contributed by atoms with Crippen LogP contribution in [0.2, 0.25) is 0 Å². The van der Waals surface area contributed by atoms with Gasteiger partial charge in [0.1, 0.15) is 0 Å². The summed E-state index contributed by atoms with van der Waals surface area (Å²) in [6, 6.07) is 1.71. The second-order valence-electron chi connectivity index (χ2n) is 5.93. The molecule has 0 aromatic rings. The summed E-state index contributed by atoms with van der Waals surface area (Å²) < 4.78 is 0. The molecule has 2 aliphatic rings. The van der Waals surface area contributed by atoms with Crippen molar-refractivity contribution in [1.82, 2.24) is 10.2 Å². The second kappa shape index (κ2) is 7.38. The standard InChI is InChI=1S/C15H30N2/c1-2-3-12-17(15-9-10-15)13-14-8-6-4-5-7-11-16-14/h14-16H,2-13H2,1H3. The topological polar surface area (TPSA) is 15.3 Å². The van der Waals surface area contributed by atoms with Crippen LogP contribution in [0.15, 0.2) is 0 Å². The van der Waals surface area contributed by atoms with Crippen molar-refractivity contribution >= 4 is 0 Å². The summed E-state index contributed by atoms with van der Waals surface area (Å²) >= 11 is 0. The Labute approximate surface area is 107 Å². The summed E-state index contributed by atoms with van der Waals surface area (Å²) in [5, 5.41) is 3.77. The molecule has 1 N–H and O–H groups in total. The van der Waals surface area contributed by atoms with Gasteiger partial charge in [-0.3, -0.25) is 4.90 Å². The SMILES string of the molecule is CCCCN(CC1CCCCCCN1)C1CC1. The van der Waals surface area contributed by atoms with Crippen LogP contribution < -0.4 is 5.32 Å². The molecule has 1 aliphatic carbocycles. The summed E-state index contributed by atoms with van der Waals surface area (Å²) in [5.41, 5.74) is 0. The van der Waals surface area contributed by atoms with Crippen LogP contribution in [0.4, 0.5) is 0 Å². The average molecular weight is 238 g/mol. The van der Waals surface area contributed by atoms with Crippen LogP contribution in [0.3, 0.4) is 0 Å². The van der Waals surface area contributed by atoms with E-state index in [0.29, 0.717) is 0 Å². The van der Waals surface area contributed by atoms with Gasteiger partial charge in [0.05, 0.1) is 0 Å². The van der Waals surface area contributed by atoms with Gasteiger partial charge in [0.25, 0.3) is 0 Å². The van der Waals surface area contributed by atoms with Crippen LogP contribution in [0.25, 0.3) is 0 Å². The minimum atomic E-state index is 0.771. The number of nitrogens with one attached hydrogen (secondary N) is 1. The molecule has 0 spiro atoms. The van der Waals surface area contributed by atoms with Crippen molar-refractivity contribution in [1.29, 1.82) is 0 Å². The first kappa shape index (κ1) is 13.4. The third-order valence-corrected chi connectivity index (χ3v) is 4.23. The molecule has 1 aliphatic heterocycles. The van der Waals surface area contributed by atoms with E-state index in [9.17, 15) is 0 Å². The van der Waals surface area contributed by atoms with E-state index in [2.05, 4.69) is 17.1 Å². The molecule has 100 valence electrons. The molecule has 0 radical (unpaired) electrons. The maximum Gasteiger partial charge on any atom is 0.0195 e. The zero-order chi connectivity index (χ0) is 11.9. The van der Waals surface area contributed by atoms with Crippen LogP contribution in [0.5, 0.6) is 0 Å². The first-order valence-electron chi connectivity index (χ1n) is 7.87. The van der Waals surface area contributed by atoms with Crippen molar-refractivity contribution in [3.8, 4) is 0 Å². The van der Waals surface area contributed by atoms with E-state index in [0.717, 1.165) is 12.1 Å². The van der Waals surface area contributed by atoms with E-state index in [1.54, 1.807) is 0 Å². The van der Waals surface area contributed by atoms with Gasteiger partial charge in [0.15, 0.2) is 0 Å². The van der Waals surface area contributed by atoms with Crippen LogP contribution in [0, 0.1) is 0 Å². The number of unbranched alkanes of at least 4 members (excludes halogenated alkanes) is 1. The van der Waals surface area contributed by atoms with Crippen molar-refractivity contribution in [2.75, 3.05) is 19.6 Å². The van der Waals surface area contributed by atoms with Crippen LogP contribution in [-0.2, 0) is 0 Å². The van der Waals surface area contributed by atoms with Gasteiger partial charge in [-0.25, -0.2) is 0 Å². The van der Waals surface area contributed by atoms with E-state index in [1.807, 2.05) is 0 Å². The number of hydrogen-bond acceptors (Lipinski definition) is 2. The number of rotatable bonds is 6. The average Bonchev–Trinajstić information content (AvgIpc) is 3.10. The normalized spacial score (nSPS) is 26.8. The number of hydrogen-bond donors (Lipinski definition) is 1. The fourth-order valence-corrected chi connectivity index (χ4v) is 2.94. The molecule has 1 saturated heterocycles. The van der Waals surface area contributed by atoms with Crippen molar-refractivity contribution in [2.45, 2.75) is 76.8 Å². The predicted octanol–water partition coefficient (Wildman–Crippen LogP) is 3.17. The van der Waals surface area contributed by atoms with E-state index in [4.69, 9.17) is 0 Å². The highest BCUT2D eigenvalue weighted by Crippen LogP contribution is 2.27. The lowest BCUT2D eigenvalue weighted by Crippen LogP contribution is -2.43. The van der Waals surface area contributed by atoms with Crippen LogP contribution in [-0.4, -0.2) is 36.6 Å². The molecule has 0 aromatic carbocycles. The molecule has 2 heteroatoms.